The molecule has 1 aromatic carbocycles. The summed E-state index contributed by atoms with van der Waals surface area (Å²) < 4.78 is 6.23. The molecule has 7 nitrogen and oxygen atoms in total. The Morgan fingerprint density at radius 1 is 1.00 bits per heavy atom. The summed E-state index contributed by atoms with van der Waals surface area (Å²) in [5, 5.41) is 2.89. The van der Waals surface area contributed by atoms with Gasteiger partial charge in [-0.2, -0.15) is 0 Å². The first-order valence-corrected chi connectivity index (χ1v) is 10.3. The number of amides is 2. The summed E-state index contributed by atoms with van der Waals surface area (Å²) in [5.74, 6) is 0.522. The zero-order valence-corrected chi connectivity index (χ0v) is 17.3. The molecule has 0 aliphatic carbocycles. The second kappa shape index (κ2) is 9.38. The Labute approximate surface area is 181 Å². The Morgan fingerprint density at radius 2 is 1.68 bits per heavy atom. The van der Waals surface area contributed by atoms with E-state index in [0.717, 1.165) is 24.2 Å². The van der Waals surface area contributed by atoms with Crippen molar-refractivity contribution in [3.05, 3.63) is 83.9 Å². The number of hydrogen-bond acceptors (Lipinski definition) is 5. The molecular formula is C24H24N4O3. The third-order valence-corrected chi connectivity index (χ3v) is 5.30. The van der Waals surface area contributed by atoms with Crippen LogP contribution in [0.15, 0.2) is 67.3 Å². The van der Waals surface area contributed by atoms with Crippen LogP contribution in [0, 0.1) is 6.92 Å². The van der Waals surface area contributed by atoms with Crippen LogP contribution in [0.2, 0.25) is 0 Å². The van der Waals surface area contributed by atoms with Crippen LogP contribution in [0.3, 0.4) is 0 Å². The van der Waals surface area contributed by atoms with Crippen molar-refractivity contribution in [2.24, 2.45) is 0 Å². The van der Waals surface area contributed by atoms with Gasteiger partial charge in [0.2, 0.25) is 0 Å². The SMILES string of the molecule is Cc1ccc(NC(=O)c2cccnc2)cc1OC1CCN(C(=O)c2cccnc2)CC1. The van der Waals surface area contributed by atoms with Gasteiger partial charge in [-0.1, -0.05) is 6.07 Å². The van der Waals surface area contributed by atoms with E-state index in [2.05, 4.69) is 15.3 Å². The van der Waals surface area contributed by atoms with Crippen LogP contribution in [0.25, 0.3) is 0 Å². The lowest BCUT2D eigenvalue weighted by Gasteiger charge is -2.32. The highest BCUT2D eigenvalue weighted by Crippen LogP contribution is 2.27. The fraction of sp³-hybridized carbons (Fsp3) is 0.250. The summed E-state index contributed by atoms with van der Waals surface area (Å²) >= 11 is 0. The topological polar surface area (TPSA) is 84.4 Å². The number of anilines is 1. The number of carbonyl (C=O) groups excluding carboxylic acids is 2. The van der Waals surface area contributed by atoms with Gasteiger partial charge in [-0.25, -0.2) is 0 Å². The molecule has 0 atom stereocenters. The van der Waals surface area contributed by atoms with Crippen molar-refractivity contribution in [1.29, 1.82) is 0 Å². The molecule has 1 saturated heterocycles. The van der Waals surface area contributed by atoms with Gasteiger partial charge in [0.25, 0.3) is 11.8 Å². The molecule has 1 N–H and O–H groups in total. The Balaban J connectivity index is 1.36. The molecule has 0 unspecified atom stereocenters. The van der Waals surface area contributed by atoms with E-state index in [9.17, 15) is 9.59 Å². The summed E-state index contributed by atoms with van der Waals surface area (Å²) in [6.45, 7) is 3.24. The van der Waals surface area contributed by atoms with Crippen LogP contribution in [-0.2, 0) is 0 Å². The molecule has 4 rings (SSSR count). The Morgan fingerprint density at radius 3 is 2.32 bits per heavy atom. The number of ether oxygens (including phenoxy) is 1. The van der Waals surface area contributed by atoms with E-state index in [1.807, 2.05) is 30.0 Å². The molecule has 1 aliphatic rings. The standard InChI is InChI=1S/C24H24N4O3/c1-17-6-7-20(27-23(29)18-4-2-10-25-15-18)14-22(17)31-21-8-12-28(13-9-21)24(30)19-5-3-11-26-16-19/h2-7,10-11,14-16,21H,8-9,12-13H2,1H3,(H,27,29). The number of aromatic nitrogens is 2. The Hall–Kier alpha value is -3.74. The van der Waals surface area contributed by atoms with Gasteiger partial charge in [-0.15, -0.1) is 0 Å². The highest BCUT2D eigenvalue weighted by molar-refractivity contribution is 6.04. The maximum Gasteiger partial charge on any atom is 0.257 e. The summed E-state index contributed by atoms with van der Waals surface area (Å²) in [4.78, 5) is 34.8. The second-order valence-corrected chi connectivity index (χ2v) is 7.53. The van der Waals surface area contributed by atoms with Crippen LogP contribution in [0.1, 0.15) is 39.1 Å². The molecule has 0 bridgehead atoms. The van der Waals surface area contributed by atoms with Crippen molar-refractivity contribution < 1.29 is 14.3 Å². The summed E-state index contributed by atoms with van der Waals surface area (Å²) in [6.07, 6.45) is 7.92. The van der Waals surface area contributed by atoms with Gasteiger partial charge in [0.15, 0.2) is 0 Å². The molecule has 158 valence electrons. The van der Waals surface area contributed by atoms with Crippen LogP contribution in [0.4, 0.5) is 5.69 Å². The average molecular weight is 416 g/mol. The highest BCUT2D eigenvalue weighted by Gasteiger charge is 2.25. The normalized spacial score (nSPS) is 14.2. The zero-order valence-electron chi connectivity index (χ0n) is 17.3. The predicted molar refractivity (Wildman–Crippen MR) is 117 cm³/mol. The van der Waals surface area contributed by atoms with E-state index in [4.69, 9.17) is 4.74 Å². The number of benzene rings is 1. The van der Waals surface area contributed by atoms with E-state index in [1.165, 1.54) is 6.20 Å². The van der Waals surface area contributed by atoms with Crippen molar-refractivity contribution in [2.75, 3.05) is 18.4 Å². The van der Waals surface area contributed by atoms with Gasteiger partial charge < -0.3 is 15.0 Å². The maximum atomic E-state index is 12.6. The lowest BCUT2D eigenvalue weighted by atomic mass is 10.1. The quantitative estimate of drug-likeness (QED) is 0.685. The number of aryl methyl sites for hydroxylation is 1. The molecular weight excluding hydrogens is 392 g/mol. The molecule has 0 radical (unpaired) electrons. The second-order valence-electron chi connectivity index (χ2n) is 7.53. The minimum Gasteiger partial charge on any atom is -0.490 e. The summed E-state index contributed by atoms with van der Waals surface area (Å²) in [5.41, 5.74) is 2.76. The van der Waals surface area contributed by atoms with Gasteiger partial charge in [-0.05, 0) is 42.8 Å². The van der Waals surface area contributed by atoms with Crippen molar-refractivity contribution in [1.82, 2.24) is 14.9 Å². The van der Waals surface area contributed by atoms with Crippen molar-refractivity contribution in [3.63, 3.8) is 0 Å². The number of nitrogens with one attached hydrogen (secondary N) is 1. The molecule has 1 fully saturated rings. The lowest BCUT2D eigenvalue weighted by Crippen LogP contribution is -2.41. The fourth-order valence-corrected chi connectivity index (χ4v) is 3.53. The minimum atomic E-state index is -0.217. The molecule has 2 amide bonds. The molecule has 0 spiro atoms. The first kappa shape index (κ1) is 20.5. The summed E-state index contributed by atoms with van der Waals surface area (Å²) in [6, 6.07) is 12.6. The number of rotatable bonds is 5. The van der Waals surface area contributed by atoms with E-state index >= 15 is 0 Å². The number of hydrogen-bond donors (Lipinski definition) is 1. The van der Waals surface area contributed by atoms with E-state index in [1.54, 1.807) is 42.9 Å². The maximum absolute atomic E-state index is 12.6. The van der Waals surface area contributed by atoms with Crippen LogP contribution in [0.5, 0.6) is 5.75 Å². The molecule has 3 aromatic rings. The number of carbonyl (C=O) groups is 2. The number of likely N-dealkylation sites (tertiary alicyclic amines) is 1. The van der Waals surface area contributed by atoms with Crippen molar-refractivity contribution in [2.45, 2.75) is 25.9 Å². The number of piperidine rings is 1. The van der Waals surface area contributed by atoms with Gasteiger partial charge in [-0.3, -0.25) is 19.6 Å². The molecule has 1 aliphatic heterocycles. The average Bonchev–Trinajstić information content (AvgIpc) is 2.82. The number of nitrogens with zero attached hydrogens (tertiary/aromatic N) is 3. The Bertz CT molecular complexity index is 1050. The lowest BCUT2D eigenvalue weighted by molar-refractivity contribution is 0.0594. The molecule has 31 heavy (non-hydrogen) atoms. The van der Waals surface area contributed by atoms with Crippen LogP contribution >= 0.6 is 0 Å². The first-order chi connectivity index (χ1) is 15.1. The monoisotopic (exact) mass is 416 g/mol. The van der Waals surface area contributed by atoms with Crippen LogP contribution < -0.4 is 10.1 Å². The largest absolute Gasteiger partial charge is 0.490 e. The fourth-order valence-electron chi connectivity index (χ4n) is 3.53. The van der Waals surface area contributed by atoms with Crippen LogP contribution in [-0.4, -0.2) is 45.9 Å². The third kappa shape index (κ3) is 5.06. The van der Waals surface area contributed by atoms with Gasteiger partial charge in [0.05, 0.1) is 11.1 Å². The van der Waals surface area contributed by atoms with Gasteiger partial charge >= 0.3 is 0 Å². The Kier molecular flexibility index (Phi) is 6.21. The van der Waals surface area contributed by atoms with Gasteiger partial charge in [0, 0.05) is 62.5 Å². The minimum absolute atomic E-state index is 0.00263. The van der Waals surface area contributed by atoms with Gasteiger partial charge in [0.1, 0.15) is 11.9 Å². The molecule has 7 heteroatoms. The zero-order chi connectivity index (χ0) is 21.6. The molecule has 0 saturated carbocycles. The van der Waals surface area contributed by atoms with E-state index in [-0.39, 0.29) is 17.9 Å². The molecule has 3 heterocycles. The van der Waals surface area contributed by atoms with E-state index in [0.29, 0.717) is 29.9 Å². The first-order valence-electron chi connectivity index (χ1n) is 10.3. The van der Waals surface area contributed by atoms with Crippen molar-refractivity contribution >= 4 is 17.5 Å². The number of pyridine rings is 2. The molecule has 2 aromatic heterocycles. The summed E-state index contributed by atoms with van der Waals surface area (Å²) in [7, 11) is 0. The van der Waals surface area contributed by atoms with Crippen molar-refractivity contribution in [3.8, 4) is 5.75 Å². The van der Waals surface area contributed by atoms with E-state index < -0.39 is 0 Å². The third-order valence-electron chi connectivity index (χ3n) is 5.30. The predicted octanol–water partition coefficient (Wildman–Crippen LogP) is 3.72. The highest BCUT2D eigenvalue weighted by atomic mass is 16.5. The smallest absolute Gasteiger partial charge is 0.257 e.